The fraction of sp³-hybridized carbons (Fsp3) is 0.455. The van der Waals surface area contributed by atoms with Crippen molar-refractivity contribution in [3.8, 4) is 11.5 Å². The molecule has 4 heteroatoms. The molecule has 2 aliphatic heterocycles. The van der Waals surface area contributed by atoms with Gasteiger partial charge in [-0.05, 0) is 49.6 Å². The van der Waals surface area contributed by atoms with Gasteiger partial charge in [0.2, 0.25) is 0 Å². The number of benzene rings is 2. The molecule has 0 spiro atoms. The Morgan fingerprint density at radius 2 is 1.73 bits per heavy atom. The van der Waals surface area contributed by atoms with E-state index in [2.05, 4.69) is 42.2 Å². The maximum Gasteiger partial charge on any atom is 0.127 e. The number of methoxy groups -OCH3 is 1. The number of piperidine rings is 1. The monoisotopic (exact) mass is 353 g/mol. The molecule has 138 valence electrons. The van der Waals surface area contributed by atoms with Crippen LogP contribution < -0.4 is 4.74 Å². The topological polar surface area (TPSA) is 30.9 Å². The van der Waals surface area contributed by atoms with Crippen LogP contribution in [0.2, 0.25) is 0 Å². The first-order valence-electron chi connectivity index (χ1n) is 9.41. The lowest BCUT2D eigenvalue weighted by molar-refractivity contribution is -0.115. The summed E-state index contributed by atoms with van der Waals surface area (Å²) in [6.45, 7) is 4.61. The summed E-state index contributed by atoms with van der Waals surface area (Å²) in [5, 5.41) is 0. The number of ether oxygens (including phenoxy) is 3. The number of hydrogen-bond donors (Lipinski definition) is 0. The minimum Gasteiger partial charge on any atom is -0.457 e. The molecular weight excluding hydrogens is 326 g/mol. The highest BCUT2D eigenvalue weighted by molar-refractivity contribution is 5.35. The Bertz CT molecular complexity index is 716. The highest BCUT2D eigenvalue weighted by atomic mass is 16.5. The van der Waals surface area contributed by atoms with Crippen molar-refractivity contribution in [2.75, 3.05) is 20.3 Å². The van der Waals surface area contributed by atoms with Crippen LogP contribution in [0.15, 0.2) is 48.5 Å². The summed E-state index contributed by atoms with van der Waals surface area (Å²) in [5.74, 6) is 1.76. The van der Waals surface area contributed by atoms with Crippen LogP contribution in [0, 0.1) is 6.92 Å². The van der Waals surface area contributed by atoms with E-state index in [1.54, 1.807) is 0 Å². The van der Waals surface area contributed by atoms with Gasteiger partial charge in [0, 0.05) is 25.7 Å². The van der Waals surface area contributed by atoms with Gasteiger partial charge in [-0.15, -0.1) is 0 Å². The second-order valence-corrected chi connectivity index (χ2v) is 7.41. The number of rotatable bonds is 5. The van der Waals surface area contributed by atoms with Crippen molar-refractivity contribution in [1.82, 2.24) is 4.90 Å². The molecule has 2 saturated heterocycles. The molecule has 0 saturated carbocycles. The van der Waals surface area contributed by atoms with E-state index in [1.807, 2.05) is 25.3 Å². The lowest BCUT2D eigenvalue weighted by Gasteiger charge is -2.48. The van der Waals surface area contributed by atoms with E-state index in [9.17, 15) is 0 Å². The Kier molecular flexibility index (Phi) is 5.25. The molecular formula is C22H27NO3. The van der Waals surface area contributed by atoms with Crippen molar-refractivity contribution in [2.24, 2.45) is 0 Å². The fourth-order valence-electron chi connectivity index (χ4n) is 4.05. The van der Waals surface area contributed by atoms with Crippen molar-refractivity contribution >= 4 is 0 Å². The smallest absolute Gasteiger partial charge is 0.127 e. The summed E-state index contributed by atoms with van der Waals surface area (Å²) in [6, 6.07) is 17.5. The van der Waals surface area contributed by atoms with Crippen LogP contribution in [0.3, 0.4) is 0 Å². The predicted octanol–water partition coefficient (Wildman–Crippen LogP) is 4.17. The molecule has 0 radical (unpaired) electrons. The van der Waals surface area contributed by atoms with Crippen LogP contribution >= 0.6 is 0 Å². The highest BCUT2D eigenvalue weighted by Gasteiger charge is 2.38. The van der Waals surface area contributed by atoms with E-state index in [0.717, 1.165) is 44.1 Å². The van der Waals surface area contributed by atoms with Gasteiger partial charge < -0.3 is 14.2 Å². The molecule has 4 nitrogen and oxygen atoms in total. The lowest BCUT2D eigenvalue weighted by atomic mass is 9.91. The molecule has 2 heterocycles. The molecule has 0 aromatic heterocycles. The Balaban J connectivity index is 1.46. The Hall–Kier alpha value is -1.88. The fourth-order valence-corrected chi connectivity index (χ4v) is 4.05. The Morgan fingerprint density at radius 3 is 2.42 bits per heavy atom. The van der Waals surface area contributed by atoms with Crippen molar-refractivity contribution in [2.45, 2.75) is 44.5 Å². The quantitative estimate of drug-likeness (QED) is 0.807. The minimum atomic E-state index is 0.362. The molecule has 2 fully saturated rings. The first-order chi connectivity index (χ1) is 12.7. The first-order valence-corrected chi connectivity index (χ1v) is 9.41. The Labute approximate surface area is 155 Å². The van der Waals surface area contributed by atoms with Gasteiger partial charge in [-0.2, -0.15) is 0 Å². The maximum absolute atomic E-state index is 6.03. The molecule has 2 aromatic carbocycles. The zero-order chi connectivity index (χ0) is 17.9. The summed E-state index contributed by atoms with van der Waals surface area (Å²) >= 11 is 0. The molecule has 1 unspecified atom stereocenters. The minimum absolute atomic E-state index is 0.362. The van der Waals surface area contributed by atoms with Crippen LogP contribution in [-0.4, -0.2) is 43.4 Å². The van der Waals surface area contributed by atoms with Crippen LogP contribution in [0.1, 0.15) is 24.0 Å². The number of aryl methyl sites for hydroxylation is 1. The molecule has 26 heavy (non-hydrogen) atoms. The second kappa shape index (κ2) is 7.78. The summed E-state index contributed by atoms with van der Waals surface area (Å²) < 4.78 is 17.4. The molecule has 0 aliphatic carbocycles. The van der Waals surface area contributed by atoms with Crippen LogP contribution in [-0.2, 0) is 16.0 Å². The summed E-state index contributed by atoms with van der Waals surface area (Å²) in [5.41, 5.74) is 2.52. The molecule has 4 rings (SSSR count). The number of nitrogens with zero attached hydrogens (tertiary/aromatic N) is 1. The zero-order valence-corrected chi connectivity index (χ0v) is 15.6. The summed E-state index contributed by atoms with van der Waals surface area (Å²) in [4.78, 5) is 2.59. The SMILES string of the molecule is COC1C[C@H]2COC[C@@H](C1)N2Cc1cccc(Oc2ccc(C)cc2)c1. The lowest BCUT2D eigenvalue weighted by Crippen LogP contribution is -2.57. The van der Waals surface area contributed by atoms with Gasteiger partial charge >= 0.3 is 0 Å². The van der Waals surface area contributed by atoms with Gasteiger partial charge in [0.05, 0.1) is 19.3 Å². The third-order valence-electron chi connectivity index (χ3n) is 5.48. The molecule has 2 aliphatic rings. The van der Waals surface area contributed by atoms with Crippen molar-refractivity contribution in [3.05, 3.63) is 59.7 Å². The standard InChI is InChI=1S/C22H27NO3/c1-16-6-8-20(9-7-16)26-21-5-3-4-17(10-21)13-23-18-11-22(24-2)12-19(23)15-25-14-18/h3-10,18-19,22H,11-15H2,1-2H3/t18-,19+,22?. The second-order valence-electron chi connectivity index (χ2n) is 7.41. The third kappa shape index (κ3) is 3.93. The van der Waals surface area contributed by atoms with Gasteiger partial charge in [0.1, 0.15) is 11.5 Å². The van der Waals surface area contributed by atoms with Gasteiger partial charge in [0.25, 0.3) is 0 Å². The third-order valence-corrected chi connectivity index (χ3v) is 5.48. The normalized spacial score (nSPS) is 25.8. The van der Waals surface area contributed by atoms with Gasteiger partial charge in [-0.3, -0.25) is 4.90 Å². The average Bonchev–Trinajstić information content (AvgIpc) is 2.64. The predicted molar refractivity (Wildman–Crippen MR) is 102 cm³/mol. The number of hydrogen-bond acceptors (Lipinski definition) is 4. The van der Waals surface area contributed by atoms with Crippen molar-refractivity contribution < 1.29 is 14.2 Å². The van der Waals surface area contributed by atoms with Gasteiger partial charge in [-0.1, -0.05) is 29.8 Å². The van der Waals surface area contributed by atoms with Crippen LogP contribution in [0.5, 0.6) is 11.5 Å². The largest absolute Gasteiger partial charge is 0.457 e. The first kappa shape index (κ1) is 17.5. The van der Waals surface area contributed by atoms with E-state index in [4.69, 9.17) is 14.2 Å². The van der Waals surface area contributed by atoms with E-state index in [0.29, 0.717) is 18.2 Å². The van der Waals surface area contributed by atoms with E-state index < -0.39 is 0 Å². The molecule has 2 aromatic rings. The van der Waals surface area contributed by atoms with Crippen LogP contribution in [0.25, 0.3) is 0 Å². The van der Waals surface area contributed by atoms with Gasteiger partial charge in [-0.25, -0.2) is 0 Å². The summed E-state index contributed by atoms with van der Waals surface area (Å²) in [6.07, 6.45) is 2.46. The highest BCUT2D eigenvalue weighted by Crippen LogP contribution is 2.31. The zero-order valence-electron chi connectivity index (χ0n) is 15.6. The van der Waals surface area contributed by atoms with Gasteiger partial charge in [0.15, 0.2) is 0 Å². The number of fused-ring (bicyclic) bond motifs is 2. The molecule has 0 amide bonds. The number of morpholine rings is 1. The average molecular weight is 353 g/mol. The molecule has 3 atom stereocenters. The van der Waals surface area contributed by atoms with Crippen molar-refractivity contribution in [1.29, 1.82) is 0 Å². The molecule has 2 bridgehead atoms. The van der Waals surface area contributed by atoms with E-state index in [-0.39, 0.29) is 0 Å². The van der Waals surface area contributed by atoms with Crippen LogP contribution in [0.4, 0.5) is 0 Å². The van der Waals surface area contributed by atoms with E-state index in [1.165, 1.54) is 11.1 Å². The van der Waals surface area contributed by atoms with E-state index >= 15 is 0 Å². The Morgan fingerprint density at radius 1 is 1.00 bits per heavy atom. The van der Waals surface area contributed by atoms with Crippen molar-refractivity contribution in [3.63, 3.8) is 0 Å². The maximum atomic E-state index is 6.03. The molecule has 0 N–H and O–H groups in total. The summed E-state index contributed by atoms with van der Waals surface area (Å²) in [7, 11) is 1.82.